The number of furan rings is 1. The minimum Gasteiger partial charge on any atom is -0.467 e. The molecule has 1 aliphatic heterocycles. The first-order chi connectivity index (χ1) is 16.2. The van der Waals surface area contributed by atoms with Gasteiger partial charge in [-0.2, -0.15) is 5.10 Å². The van der Waals surface area contributed by atoms with Crippen molar-refractivity contribution in [1.29, 1.82) is 0 Å². The monoisotopic (exact) mass is 479 g/mol. The van der Waals surface area contributed by atoms with Crippen molar-refractivity contribution in [3.05, 3.63) is 92.9 Å². The Bertz CT molecular complexity index is 1290. The SMILES string of the molecule is O=C(CSc1n[nH]c(=O)n1CCc1ccccc1)N1N=C(c2cccs2)CC1c1ccco1. The molecule has 0 saturated heterocycles. The molecule has 8 nitrogen and oxygen atoms in total. The van der Waals surface area contributed by atoms with Crippen LogP contribution in [0.5, 0.6) is 0 Å². The first-order valence-corrected chi connectivity index (χ1v) is 12.3. The van der Waals surface area contributed by atoms with Crippen molar-refractivity contribution in [2.45, 2.75) is 30.6 Å². The van der Waals surface area contributed by atoms with E-state index in [9.17, 15) is 9.59 Å². The van der Waals surface area contributed by atoms with Crippen LogP contribution in [-0.4, -0.2) is 37.1 Å². The standard InChI is InChI=1S/C23H21N5O3S2/c29-21(15-33-23-25-24-22(30)27(23)11-10-16-6-2-1-3-7-16)28-18(19-8-4-12-31-19)14-17(26-28)20-9-5-13-32-20/h1-9,12-13,18H,10-11,14-15H2,(H,24,30). The Balaban J connectivity index is 1.29. The summed E-state index contributed by atoms with van der Waals surface area (Å²) in [6, 6.07) is 17.3. The van der Waals surface area contributed by atoms with Crippen molar-refractivity contribution in [3.8, 4) is 0 Å². The molecule has 0 spiro atoms. The number of carbonyl (C=O) groups is 1. The topological polar surface area (TPSA) is 96.5 Å². The van der Waals surface area contributed by atoms with Crippen molar-refractivity contribution in [2.75, 3.05) is 5.75 Å². The summed E-state index contributed by atoms with van der Waals surface area (Å²) in [5.74, 6) is 0.634. The largest absolute Gasteiger partial charge is 0.467 e. The number of benzene rings is 1. The molecule has 0 bridgehead atoms. The predicted molar refractivity (Wildman–Crippen MR) is 127 cm³/mol. The van der Waals surface area contributed by atoms with Gasteiger partial charge in [-0.05, 0) is 35.6 Å². The molecule has 1 aliphatic rings. The maximum Gasteiger partial charge on any atom is 0.343 e. The van der Waals surface area contributed by atoms with Crippen LogP contribution in [0.3, 0.4) is 0 Å². The molecule has 0 radical (unpaired) electrons. The van der Waals surface area contributed by atoms with Crippen LogP contribution in [0.25, 0.3) is 0 Å². The van der Waals surface area contributed by atoms with Gasteiger partial charge in [0.15, 0.2) is 5.16 Å². The van der Waals surface area contributed by atoms with E-state index in [0.29, 0.717) is 30.3 Å². The van der Waals surface area contributed by atoms with Crippen LogP contribution >= 0.6 is 23.1 Å². The first-order valence-electron chi connectivity index (χ1n) is 10.5. The van der Waals surface area contributed by atoms with Crippen molar-refractivity contribution >= 4 is 34.7 Å². The zero-order valence-corrected chi connectivity index (χ0v) is 19.2. The molecule has 1 atom stereocenters. The average molecular weight is 480 g/mol. The van der Waals surface area contributed by atoms with Crippen LogP contribution in [-0.2, 0) is 17.8 Å². The third-order valence-electron chi connectivity index (χ3n) is 5.36. The molecule has 5 rings (SSSR count). The average Bonchev–Trinajstić information content (AvgIpc) is 3.64. The fraction of sp³-hybridized carbons (Fsp3) is 0.217. The predicted octanol–water partition coefficient (Wildman–Crippen LogP) is 3.94. The van der Waals surface area contributed by atoms with Crippen LogP contribution in [0.2, 0.25) is 0 Å². The highest BCUT2D eigenvalue weighted by atomic mass is 32.2. The number of amides is 1. The number of thioether (sulfide) groups is 1. The van der Waals surface area contributed by atoms with E-state index in [2.05, 4.69) is 15.3 Å². The summed E-state index contributed by atoms with van der Waals surface area (Å²) in [7, 11) is 0. The summed E-state index contributed by atoms with van der Waals surface area (Å²) in [5, 5.41) is 15.2. The summed E-state index contributed by atoms with van der Waals surface area (Å²) < 4.78 is 7.16. The fourth-order valence-electron chi connectivity index (χ4n) is 3.72. The number of thiophene rings is 1. The Kier molecular flexibility index (Phi) is 6.27. The summed E-state index contributed by atoms with van der Waals surface area (Å²) in [4.78, 5) is 26.5. The Labute approximate surface area is 197 Å². The van der Waals surface area contributed by atoms with Crippen LogP contribution in [0.4, 0.5) is 0 Å². The molecule has 1 N–H and O–H groups in total. The Morgan fingerprint density at radius 3 is 2.82 bits per heavy atom. The van der Waals surface area contributed by atoms with E-state index in [1.54, 1.807) is 22.2 Å². The lowest BCUT2D eigenvalue weighted by molar-refractivity contribution is -0.130. The highest BCUT2D eigenvalue weighted by molar-refractivity contribution is 7.99. The molecule has 3 aromatic heterocycles. The zero-order chi connectivity index (χ0) is 22.6. The summed E-state index contributed by atoms with van der Waals surface area (Å²) >= 11 is 2.82. The van der Waals surface area contributed by atoms with E-state index in [1.807, 2.05) is 60.0 Å². The Morgan fingerprint density at radius 2 is 2.06 bits per heavy atom. The molecule has 4 heterocycles. The molecule has 168 valence electrons. The van der Waals surface area contributed by atoms with Crippen molar-refractivity contribution in [3.63, 3.8) is 0 Å². The maximum atomic E-state index is 13.2. The lowest BCUT2D eigenvalue weighted by atomic mass is 10.1. The normalized spacial score (nSPS) is 15.7. The minimum absolute atomic E-state index is 0.105. The first kappa shape index (κ1) is 21.5. The van der Waals surface area contributed by atoms with Gasteiger partial charge in [0.1, 0.15) is 11.8 Å². The van der Waals surface area contributed by atoms with E-state index in [0.717, 1.165) is 16.2 Å². The van der Waals surface area contributed by atoms with Gasteiger partial charge >= 0.3 is 5.69 Å². The van der Waals surface area contributed by atoms with Gasteiger partial charge in [0.25, 0.3) is 5.91 Å². The zero-order valence-electron chi connectivity index (χ0n) is 17.6. The molecule has 4 aromatic rings. The molecule has 0 fully saturated rings. The van der Waals surface area contributed by atoms with Crippen LogP contribution in [0.1, 0.15) is 28.7 Å². The number of aromatic nitrogens is 3. The number of rotatable bonds is 8. The number of aromatic amines is 1. The van der Waals surface area contributed by atoms with Gasteiger partial charge in [0.05, 0.1) is 22.6 Å². The summed E-state index contributed by atoms with van der Waals surface area (Å²) in [6.45, 7) is 0.481. The van der Waals surface area contributed by atoms with E-state index < -0.39 is 0 Å². The Morgan fingerprint density at radius 1 is 1.18 bits per heavy atom. The maximum absolute atomic E-state index is 13.2. The number of aryl methyl sites for hydroxylation is 1. The molecule has 0 aliphatic carbocycles. The fourth-order valence-corrected chi connectivity index (χ4v) is 5.27. The van der Waals surface area contributed by atoms with Gasteiger partial charge in [0.2, 0.25) is 0 Å². The van der Waals surface area contributed by atoms with Gasteiger partial charge in [0, 0.05) is 13.0 Å². The van der Waals surface area contributed by atoms with Gasteiger partial charge < -0.3 is 4.42 Å². The van der Waals surface area contributed by atoms with Crippen molar-refractivity contribution in [1.82, 2.24) is 19.8 Å². The molecular formula is C23H21N5O3S2. The number of nitrogens with zero attached hydrogens (tertiary/aromatic N) is 4. The molecule has 1 aromatic carbocycles. The van der Waals surface area contributed by atoms with Gasteiger partial charge in [-0.25, -0.2) is 14.9 Å². The third kappa shape index (κ3) is 4.71. The smallest absolute Gasteiger partial charge is 0.343 e. The summed E-state index contributed by atoms with van der Waals surface area (Å²) in [5.41, 5.74) is 1.71. The van der Waals surface area contributed by atoms with Crippen molar-refractivity contribution in [2.24, 2.45) is 5.10 Å². The minimum atomic E-state index is -0.287. The third-order valence-corrected chi connectivity index (χ3v) is 7.24. The van der Waals surface area contributed by atoms with Crippen LogP contribution in [0, 0.1) is 0 Å². The number of carbonyl (C=O) groups excluding carboxylic acids is 1. The van der Waals surface area contributed by atoms with Gasteiger partial charge in [-0.3, -0.25) is 9.36 Å². The molecular weight excluding hydrogens is 458 g/mol. The molecule has 10 heteroatoms. The molecule has 1 amide bonds. The van der Waals surface area contributed by atoms with Crippen molar-refractivity contribution < 1.29 is 9.21 Å². The molecule has 0 saturated carbocycles. The number of hydrogen-bond donors (Lipinski definition) is 1. The highest BCUT2D eigenvalue weighted by Gasteiger charge is 2.35. The van der Waals surface area contributed by atoms with E-state index in [4.69, 9.17) is 4.42 Å². The Hall–Kier alpha value is -3.37. The second-order valence-electron chi connectivity index (χ2n) is 7.48. The van der Waals surface area contributed by atoms with E-state index in [1.165, 1.54) is 16.8 Å². The molecule has 33 heavy (non-hydrogen) atoms. The van der Waals surface area contributed by atoms with Crippen LogP contribution < -0.4 is 5.69 Å². The number of hydrogen-bond acceptors (Lipinski definition) is 7. The van der Waals surface area contributed by atoms with E-state index in [-0.39, 0.29) is 23.4 Å². The number of H-pyrrole nitrogens is 1. The lowest BCUT2D eigenvalue weighted by Gasteiger charge is -2.19. The molecule has 1 unspecified atom stereocenters. The van der Waals surface area contributed by atoms with E-state index >= 15 is 0 Å². The van der Waals surface area contributed by atoms with Gasteiger partial charge in [-0.1, -0.05) is 48.2 Å². The second-order valence-corrected chi connectivity index (χ2v) is 9.38. The quantitative estimate of drug-likeness (QED) is 0.386. The second kappa shape index (κ2) is 9.63. The summed E-state index contributed by atoms with van der Waals surface area (Å²) in [6.07, 6.45) is 2.89. The van der Waals surface area contributed by atoms with Crippen LogP contribution in [0.15, 0.2) is 85.7 Å². The number of nitrogens with one attached hydrogen (secondary N) is 1. The van der Waals surface area contributed by atoms with Gasteiger partial charge in [-0.15, -0.1) is 16.4 Å². The highest BCUT2D eigenvalue weighted by Crippen LogP contribution is 2.34. The number of hydrazone groups is 1. The lowest BCUT2D eigenvalue weighted by Crippen LogP contribution is -2.28.